The second-order valence-corrected chi connectivity index (χ2v) is 10.9. The molecule has 1 atom stereocenters. The maximum absolute atomic E-state index is 13.8. The topological polar surface area (TPSA) is 86.5 Å². The standard InChI is InChI=1S/C25H23BrN4O4S/c1-33-22-10-7-18(8-11-22)14-29-15-21(27-28-29)16-30-23(19-5-3-2-4-6-19)17-34-24-13-20(26)9-12-25(24)35(30,31)32/h2-13,15,23H,14,16-17H2,1H3/t23-/m1/s1. The molecule has 3 aromatic carbocycles. The normalized spacial score (nSPS) is 17.3. The monoisotopic (exact) mass is 554 g/mol. The molecule has 0 bridgehead atoms. The number of halogens is 1. The Bertz CT molecular complexity index is 1430. The summed E-state index contributed by atoms with van der Waals surface area (Å²) in [4.78, 5) is 0.129. The van der Waals surface area contributed by atoms with Crippen LogP contribution in [0.4, 0.5) is 0 Å². The molecule has 1 aliphatic heterocycles. The largest absolute Gasteiger partial charge is 0.497 e. The zero-order chi connectivity index (χ0) is 24.4. The molecular formula is C25H23BrN4O4S. The molecule has 0 spiro atoms. The molecule has 8 nitrogen and oxygen atoms in total. The molecule has 0 saturated heterocycles. The lowest BCUT2D eigenvalue weighted by Crippen LogP contribution is -2.35. The summed E-state index contributed by atoms with van der Waals surface area (Å²) in [5.74, 6) is 1.10. The van der Waals surface area contributed by atoms with Gasteiger partial charge in [0.1, 0.15) is 23.0 Å². The van der Waals surface area contributed by atoms with Crippen LogP contribution in [0.15, 0.2) is 88.4 Å². The van der Waals surface area contributed by atoms with Gasteiger partial charge < -0.3 is 9.47 Å². The van der Waals surface area contributed by atoms with Crippen LogP contribution in [-0.4, -0.2) is 41.4 Å². The quantitative estimate of drug-likeness (QED) is 0.350. The van der Waals surface area contributed by atoms with Gasteiger partial charge in [-0.3, -0.25) is 0 Å². The van der Waals surface area contributed by atoms with Crippen LogP contribution < -0.4 is 9.47 Å². The second kappa shape index (κ2) is 9.80. The van der Waals surface area contributed by atoms with E-state index >= 15 is 0 Å². The van der Waals surface area contributed by atoms with E-state index in [2.05, 4.69) is 26.2 Å². The summed E-state index contributed by atoms with van der Waals surface area (Å²) in [6.45, 7) is 0.738. The highest BCUT2D eigenvalue weighted by Crippen LogP contribution is 2.38. The summed E-state index contributed by atoms with van der Waals surface area (Å²) in [6, 6.07) is 21.6. The molecule has 2 heterocycles. The van der Waals surface area contributed by atoms with Gasteiger partial charge in [0.15, 0.2) is 0 Å². The maximum Gasteiger partial charge on any atom is 0.247 e. The Morgan fingerprint density at radius 2 is 1.83 bits per heavy atom. The van der Waals surface area contributed by atoms with E-state index in [-0.39, 0.29) is 18.0 Å². The summed E-state index contributed by atoms with van der Waals surface area (Å²) in [5.41, 5.74) is 2.41. The SMILES string of the molecule is COc1ccc(Cn2cc(CN3[C@@H](c4ccccc4)COc4cc(Br)ccc4S3(=O)=O)nn2)cc1. The Labute approximate surface area is 212 Å². The van der Waals surface area contributed by atoms with Gasteiger partial charge in [0.05, 0.1) is 38.1 Å². The van der Waals surface area contributed by atoms with Crippen molar-refractivity contribution >= 4 is 26.0 Å². The summed E-state index contributed by atoms with van der Waals surface area (Å²) < 4.78 is 42.8. The first-order valence-corrected chi connectivity index (χ1v) is 13.2. The van der Waals surface area contributed by atoms with Crippen molar-refractivity contribution in [3.63, 3.8) is 0 Å². The lowest BCUT2D eigenvalue weighted by atomic mass is 10.1. The molecule has 0 N–H and O–H groups in total. The molecule has 0 amide bonds. The van der Waals surface area contributed by atoms with Crippen molar-refractivity contribution in [3.05, 3.63) is 100 Å². The number of fused-ring (bicyclic) bond motifs is 1. The Kier molecular flexibility index (Phi) is 6.59. The van der Waals surface area contributed by atoms with Crippen LogP contribution in [0.5, 0.6) is 11.5 Å². The van der Waals surface area contributed by atoms with E-state index in [1.54, 1.807) is 36.2 Å². The minimum atomic E-state index is -3.89. The Hall–Kier alpha value is -3.21. The van der Waals surface area contributed by atoms with Crippen molar-refractivity contribution in [2.45, 2.75) is 24.0 Å². The summed E-state index contributed by atoms with van der Waals surface area (Å²) in [5, 5.41) is 8.49. The van der Waals surface area contributed by atoms with E-state index in [4.69, 9.17) is 9.47 Å². The third kappa shape index (κ3) is 4.95. The first-order valence-electron chi connectivity index (χ1n) is 10.9. The van der Waals surface area contributed by atoms with Crippen LogP contribution in [0.1, 0.15) is 22.9 Å². The third-order valence-electron chi connectivity index (χ3n) is 5.83. The van der Waals surface area contributed by atoms with Crippen LogP contribution in [0, 0.1) is 0 Å². The van der Waals surface area contributed by atoms with Gasteiger partial charge in [0.2, 0.25) is 10.0 Å². The fourth-order valence-corrected chi connectivity index (χ4v) is 6.08. The number of rotatable bonds is 6. The van der Waals surface area contributed by atoms with Crippen LogP contribution in [0.25, 0.3) is 0 Å². The van der Waals surface area contributed by atoms with Crippen LogP contribution >= 0.6 is 15.9 Å². The van der Waals surface area contributed by atoms with E-state index in [9.17, 15) is 8.42 Å². The number of sulfonamides is 1. The second-order valence-electron chi connectivity index (χ2n) is 8.13. The smallest absolute Gasteiger partial charge is 0.247 e. The number of hydrogen-bond donors (Lipinski definition) is 0. The van der Waals surface area contributed by atoms with Crippen molar-refractivity contribution < 1.29 is 17.9 Å². The molecule has 1 aromatic heterocycles. The van der Waals surface area contributed by atoms with Crippen molar-refractivity contribution in [1.82, 2.24) is 19.3 Å². The third-order valence-corrected chi connectivity index (χ3v) is 8.22. The van der Waals surface area contributed by atoms with E-state index in [1.807, 2.05) is 54.6 Å². The number of ether oxygens (including phenoxy) is 2. The van der Waals surface area contributed by atoms with Crippen molar-refractivity contribution in [1.29, 1.82) is 0 Å². The predicted octanol–water partition coefficient (Wildman–Crippen LogP) is 4.42. The molecule has 0 radical (unpaired) electrons. The average Bonchev–Trinajstić information content (AvgIpc) is 3.27. The summed E-state index contributed by atoms with van der Waals surface area (Å²) >= 11 is 3.40. The van der Waals surface area contributed by atoms with Gasteiger partial charge in [-0.25, -0.2) is 13.1 Å². The van der Waals surface area contributed by atoms with Gasteiger partial charge in [-0.05, 0) is 41.5 Å². The van der Waals surface area contributed by atoms with E-state index in [0.29, 0.717) is 18.0 Å². The number of methoxy groups -OCH3 is 1. The summed E-state index contributed by atoms with van der Waals surface area (Å²) in [7, 11) is -2.27. The van der Waals surface area contributed by atoms with Crippen LogP contribution in [0.3, 0.4) is 0 Å². The highest BCUT2D eigenvalue weighted by atomic mass is 79.9. The molecule has 0 saturated carbocycles. The van der Waals surface area contributed by atoms with Gasteiger partial charge in [-0.1, -0.05) is 63.6 Å². The Balaban J connectivity index is 1.47. The zero-order valence-electron chi connectivity index (χ0n) is 18.9. The lowest BCUT2D eigenvalue weighted by Gasteiger charge is -2.27. The Morgan fingerprint density at radius 3 is 2.57 bits per heavy atom. The lowest BCUT2D eigenvalue weighted by molar-refractivity contribution is 0.209. The van der Waals surface area contributed by atoms with Crippen LogP contribution in [0.2, 0.25) is 0 Å². The molecule has 0 aliphatic carbocycles. The van der Waals surface area contributed by atoms with Gasteiger partial charge in [0, 0.05) is 4.47 Å². The molecule has 0 fully saturated rings. The highest BCUT2D eigenvalue weighted by Gasteiger charge is 2.38. The molecule has 1 aliphatic rings. The van der Waals surface area contributed by atoms with Gasteiger partial charge in [-0.2, -0.15) is 4.31 Å². The minimum absolute atomic E-state index is 0.0589. The van der Waals surface area contributed by atoms with Crippen molar-refractivity contribution in [2.24, 2.45) is 0 Å². The molecule has 10 heteroatoms. The minimum Gasteiger partial charge on any atom is -0.497 e. The molecule has 180 valence electrons. The fraction of sp³-hybridized carbons (Fsp3) is 0.200. The van der Waals surface area contributed by atoms with Crippen molar-refractivity contribution in [2.75, 3.05) is 13.7 Å². The van der Waals surface area contributed by atoms with Gasteiger partial charge in [-0.15, -0.1) is 5.10 Å². The molecule has 5 rings (SSSR count). The first kappa shape index (κ1) is 23.5. The zero-order valence-corrected chi connectivity index (χ0v) is 21.3. The van der Waals surface area contributed by atoms with E-state index in [0.717, 1.165) is 21.3 Å². The fourth-order valence-electron chi connectivity index (χ4n) is 4.05. The number of aromatic nitrogens is 3. The average molecular weight is 555 g/mol. The highest BCUT2D eigenvalue weighted by molar-refractivity contribution is 9.10. The van der Waals surface area contributed by atoms with Crippen molar-refractivity contribution in [3.8, 4) is 11.5 Å². The molecule has 4 aromatic rings. The van der Waals surface area contributed by atoms with E-state index in [1.165, 1.54) is 4.31 Å². The predicted molar refractivity (Wildman–Crippen MR) is 134 cm³/mol. The molecule has 0 unspecified atom stereocenters. The molecular weight excluding hydrogens is 532 g/mol. The number of hydrogen-bond acceptors (Lipinski definition) is 6. The first-order chi connectivity index (χ1) is 16.9. The van der Waals surface area contributed by atoms with E-state index < -0.39 is 16.1 Å². The van der Waals surface area contributed by atoms with Gasteiger partial charge in [0.25, 0.3) is 0 Å². The maximum atomic E-state index is 13.8. The summed E-state index contributed by atoms with van der Waals surface area (Å²) in [6.07, 6.45) is 1.77. The van der Waals surface area contributed by atoms with Gasteiger partial charge >= 0.3 is 0 Å². The Morgan fingerprint density at radius 1 is 1.06 bits per heavy atom. The number of benzene rings is 3. The number of nitrogens with zero attached hydrogens (tertiary/aromatic N) is 4. The van der Waals surface area contributed by atoms with Crippen LogP contribution in [-0.2, 0) is 23.1 Å². The molecule has 35 heavy (non-hydrogen) atoms.